The van der Waals surface area contributed by atoms with Crippen molar-refractivity contribution in [2.45, 2.75) is 6.92 Å². The number of nitrogens with zero attached hydrogens (tertiary/aromatic N) is 1. The maximum atomic E-state index is 13.3. The maximum Gasteiger partial charge on any atom is 0.184 e. The fraction of sp³-hybridized carbons (Fsp3) is 0.111. The van der Waals surface area contributed by atoms with Gasteiger partial charge in [0.1, 0.15) is 5.82 Å². The van der Waals surface area contributed by atoms with Crippen LogP contribution in [0.3, 0.4) is 0 Å². The summed E-state index contributed by atoms with van der Waals surface area (Å²) in [6, 6.07) is 5.06. The van der Waals surface area contributed by atoms with Gasteiger partial charge >= 0.3 is 0 Å². The minimum absolute atomic E-state index is 0.0503. The van der Waals surface area contributed by atoms with Crippen LogP contribution in [0.5, 0.6) is 0 Å². The molecule has 0 amide bonds. The molecule has 14 heavy (non-hydrogen) atoms. The van der Waals surface area contributed by atoms with Gasteiger partial charge in [-0.2, -0.15) is 5.10 Å². The van der Waals surface area contributed by atoms with Gasteiger partial charge in [0.15, 0.2) is 5.11 Å². The largest absolute Gasteiger partial charge is 0.375 e. The first-order valence-electron chi connectivity index (χ1n) is 3.95. The summed E-state index contributed by atoms with van der Waals surface area (Å²) in [6.07, 6.45) is 1.33. The third kappa shape index (κ3) is 2.77. The number of aryl methyl sites for hydroxylation is 1. The van der Waals surface area contributed by atoms with E-state index in [1.165, 1.54) is 6.21 Å². The van der Waals surface area contributed by atoms with Crippen LogP contribution < -0.4 is 11.2 Å². The molecule has 0 radical (unpaired) electrons. The predicted octanol–water partition coefficient (Wildman–Crippen LogP) is 1.30. The first-order valence-corrected chi connectivity index (χ1v) is 4.35. The van der Waals surface area contributed by atoms with E-state index in [-0.39, 0.29) is 10.9 Å². The van der Waals surface area contributed by atoms with E-state index >= 15 is 0 Å². The van der Waals surface area contributed by atoms with Gasteiger partial charge < -0.3 is 5.73 Å². The van der Waals surface area contributed by atoms with Crippen molar-refractivity contribution in [1.82, 2.24) is 5.43 Å². The van der Waals surface area contributed by atoms with Gasteiger partial charge in [0.25, 0.3) is 0 Å². The molecule has 3 nitrogen and oxygen atoms in total. The molecule has 0 bridgehead atoms. The molecule has 0 aliphatic rings. The first-order chi connectivity index (χ1) is 6.61. The summed E-state index contributed by atoms with van der Waals surface area (Å²) in [7, 11) is 0. The number of halogens is 1. The van der Waals surface area contributed by atoms with Crippen molar-refractivity contribution in [3.8, 4) is 0 Å². The van der Waals surface area contributed by atoms with Crippen molar-refractivity contribution in [2.75, 3.05) is 0 Å². The lowest BCUT2D eigenvalue weighted by atomic mass is 10.1. The first kappa shape index (κ1) is 10.6. The molecule has 0 heterocycles. The molecule has 74 valence electrons. The lowest BCUT2D eigenvalue weighted by Gasteiger charge is -1.99. The van der Waals surface area contributed by atoms with Gasteiger partial charge in [0.05, 0.1) is 6.21 Å². The molecule has 5 heteroatoms. The van der Waals surface area contributed by atoms with Gasteiger partial charge in [0, 0.05) is 5.56 Å². The smallest absolute Gasteiger partial charge is 0.184 e. The number of nitrogens with one attached hydrogen (secondary N) is 1. The molecular weight excluding hydrogens is 201 g/mol. The van der Waals surface area contributed by atoms with E-state index in [0.717, 1.165) is 0 Å². The summed E-state index contributed by atoms with van der Waals surface area (Å²) in [4.78, 5) is 0. The zero-order valence-electron chi connectivity index (χ0n) is 7.62. The van der Waals surface area contributed by atoms with Crippen molar-refractivity contribution in [3.05, 3.63) is 35.1 Å². The Kier molecular flexibility index (Phi) is 3.53. The Morgan fingerprint density at radius 3 is 3.00 bits per heavy atom. The van der Waals surface area contributed by atoms with Crippen LogP contribution >= 0.6 is 12.2 Å². The molecule has 0 unspecified atom stereocenters. The van der Waals surface area contributed by atoms with Crippen LogP contribution in [0.2, 0.25) is 0 Å². The minimum atomic E-state index is -0.291. The van der Waals surface area contributed by atoms with Crippen LogP contribution in [0.4, 0.5) is 4.39 Å². The predicted molar refractivity (Wildman–Crippen MR) is 58.7 cm³/mol. The fourth-order valence-electron chi connectivity index (χ4n) is 0.935. The van der Waals surface area contributed by atoms with Crippen LogP contribution in [0.1, 0.15) is 11.1 Å². The standard InChI is InChI=1S/C9H10FN3S/c1-6-3-2-4-7(8(6)10)5-12-13-9(11)14/h2-5H,1H3,(H3,11,13,14). The molecule has 0 saturated heterocycles. The number of hydrogen-bond donors (Lipinski definition) is 2. The maximum absolute atomic E-state index is 13.3. The average molecular weight is 211 g/mol. The highest BCUT2D eigenvalue weighted by Gasteiger charge is 2.00. The molecule has 0 saturated carbocycles. The molecule has 1 aromatic rings. The van der Waals surface area contributed by atoms with Crippen LogP contribution in [-0.4, -0.2) is 11.3 Å². The molecule has 0 aromatic heterocycles. The third-order valence-corrected chi connectivity index (χ3v) is 1.69. The topological polar surface area (TPSA) is 50.4 Å². The number of rotatable bonds is 2. The summed E-state index contributed by atoms with van der Waals surface area (Å²) in [5.41, 5.74) is 8.46. The Morgan fingerprint density at radius 2 is 2.36 bits per heavy atom. The average Bonchev–Trinajstić information content (AvgIpc) is 2.12. The van der Waals surface area contributed by atoms with Crippen molar-refractivity contribution in [3.63, 3.8) is 0 Å². The zero-order chi connectivity index (χ0) is 10.6. The van der Waals surface area contributed by atoms with Crippen molar-refractivity contribution in [1.29, 1.82) is 0 Å². The molecule has 1 rings (SSSR count). The van der Waals surface area contributed by atoms with Crippen LogP contribution in [-0.2, 0) is 0 Å². The number of hydrazone groups is 1. The Hall–Kier alpha value is -1.49. The lowest BCUT2D eigenvalue weighted by Crippen LogP contribution is -2.24. The van der Waals surface area contributed by atoms with E-state index in [2.05, 4.69) is 22.7 Å². The van der Waals surface area contributed by atoms with Gasteiger partial charge in [-0.25, -0.2) is 4.39 Å². The van der Waals surface area contributed by atoms with Gasteiger partial charge in [0.2, 0.25) is 0 Å². The zero-order valence-corrected chi connectivity index (χ0v) is 8.44. The van der Waals surface area contributed by atoms with Gasteiger partial charge in [-0.1, -0.05) is 18.2 Å². The van der Waals surface area contributed by atoms with Gasteiger partial charge in [-0.3, -0.25) is 5.43 Å². The molecule has 0 aliphatic heterocycles. The SMILES string of the molecule is Cc1cccc(C=NNC(N)=S)c1F. The summed E-state index contributed by atoms with van der Waals surface area (Å²) < 4.78 is 13.3. The molecule has 0 atom stereocenters. The van der Waals surface area contributed by atoms with Crippen molar-refractivity contribution in [2.24, 2.45) is 10.8 Å². The third-order valence-electron chi connectivity index (χ3n) is 1.60. The molecule has 0 aliphatic carbocycles. The highest BCUT2D eigenvalue weighted by atomic mass is 32.1. The van der Waals surface area contributed by atoms with E-state index in [1.54, 1.807) is 25.1 Å². The minimum Gasteiger partial charge on any atom is -0.375 e. The van der Waals surface area contributed by atoms with Gasteiger partial charge in [-0.05, 0) is 24.7 Å². The highest BCUT2D eigenvalue weighted by Crippen LogP contribution is 2.09. The second-order valence-corrected chi connectivity index (χ2v) is 3.15. The van der Waals surface area contributed by atoms with Crippen LogP contribution in [0, 0.1) is 12.7 Å². The van der Waals surface area contributed by atoms with E-state index in [0.29, 0.717) is 11.1 Å². The summed E-state index contributed by atoms with van der Waals surface area (Å²) in [5.74, 6) is -0.291. The fourth-order valence-corrected chi connectivity index (χ4v) is 0.988. The van der Waals surface area contributed by atoms with Crippen LogP contribution in [0.15, 0.2) is 23.3 Å². The van der Waals surface area contributed by atoms with Crippen LogP contribution in [0.25, 0.3) is 0 Å². The molecular formula is C9H10FN3S. The van der Waals surface area contributed by atoms with E-state index in [1.807, 2.05) is 0 Å². The monoisotopic (exact) mass is 211 g/mol. The second-order valence-electron chi connectivity index (χ2n) is 2.71. The number of hydrogen-bond acceptors (Lipinski definition) is 2. The normalized spacial score (nSPS) is 10.4. The summed E-state index contributed by atoms with van der Waals surface area (Å²) in [5, 5.41) is 3.71. The Labute approximate surface area is 86.8 Å². The Bertz CT molecular complexity index is 376. The lowest BCUT2D eigenvalue weighted by molar-refractivity contribution is 0.616. The quantitative estimate of drug-likeness (QED) is 0.440. The molecule has 0 fully saturated rings. The molecule has 3 N–H and O–H groups in total. The van der Waals surface area contributed by atoms with E-state index < -0.39 is 0 Å². The Morgan fingerprint density at radius 1 is 1.64 bits per heavy atom. The van der Waals surface area contributed by atoms with Crippen molar-refractivity contribution < 1.29 is 4.39 Å². The van der Waals surface area contributed by atoms with Crippen molar-refractivity contribution >= 4 is 23.5 Å². The van der Waals surface area contributed by atoms with Gasteiger partial charge in [-0.15, -0.1) is 0 Å². The molecule has 0 spiro atoms. The molecule has 1 aromatic carbocycles. The number of benzene rings is 1. The second kappa shape index (κ2) is 4.66. The van der Waals surface area contributed by atoms with E-state index in [9.17, 15) is 4.39 Å². The number of nitrogens with two attached hydrogens (primary N) is 1. The Balaban J connectivity index is 2.81. The summed E-state index contributed by atoms with van der Waals surface area (Å²) in [6.45, 7) is 1.69. The summed E-state index contributed by atoms with van der Waals surface area (Å²) >= 11 is 4.53. The van der Waals surface area contributed by atoms with E-state index in [4.69, 9.17) is 5.73 Å². The number of thiocarbonyl (C=S) groups is 1. The highest BCUT2D eigenvalue weighted by molar-refractivity contribution is 7.80.